The summed E-state index contributed by atoms with van der Waals surface area (Å²) in [5, 5.41) is 0. The van der Waals surface area contributed by atoms with E-state index in [2.05, 4.69) is 11.6 Å². The van der Waals surface area contributed by atoms with Gasteiger partial charge in [-0.15, -0.1) is 17.9 Å². The van der Waals surface area contributed by atoms with Crippen LogP contribution in [0.3, 0.4) is 0 Å². The highest BCUT2D eigenvalue weighted by atomic mass is 35.5. The minimum absolute atomic E-state index is 0.130. The number of aromatic nitrogens is 1. The van der Waals surface area contributed by atoms with Crippen molar-refractivity contribution in [2.24, 2.45) is 0 Å². The number of nitrogens with zero attached hydrogens (tertiary/aromatic N) is 1. The van der Waals surface area contributed by atoms with Crippen molar-refractivity contribution in [2.75, 3.05) is 6.54 Å². The molecule has 4 nitrogen and oxygen atoms in total. The van der Waals surface area contributed by atoms with Gasteiger partial charge in [0.05, 0.1) is 10.9 Å². The van der Waals surface area contributed by atoms with Crippen LogP contribution in [0, 0.1) is 6.92 Å². The van der Waals surface area contributed by atoms with E-state index in [1.165, 1.54) is 11.3 Å². The van der Waals surface area contributed by atoms with Crippen LogP contribution in [0.4, 0.5) is 0 Å². The lowest BCUT2D eigenvalue weighted by atomic mass is 10.2. The van der Waals surface area contributed by atoms with Gasteiger partial charge in [0, 0.05) is 17.1 Å². The number of thiophene rings is 1. The molecular weight excluding hydrogens is 308 g/mol. The van der Waals surface area contributed by atoms with Gasteiger partial charge in [-0.3, -0.25) is 9.59 Å². The maximum atomic E-state index is 12.5. The van der Waals surface area contributed by atoms with Crippen LogP contribution >= 0.6 is 22.9 Å². The second-order valence-corrected chi connectivity index (χ2v) is 6.36. The molecule has 0 aliphatic rings. The van der Waals surface area contributed by atoms with Crippen molar-refractivity contribution < 1.29 is 4.79 Å². The molecule has 21 heavy (non-hydrogen) atoms. The summed E-state index contributed by atoms with van der Waals surface area (Å²) >= 11 is 7.31. The second-order valence-electron chi connectivity index (χ2n) is 4.56. The number of rotatable bonds is 5. The van der Waals surface area contributed by atoms with Gasteiger partial charge in [0.2, 0.25) is 0 Å². The first-order chi connectivity index (χ1) is 10.0. The van der Waals surface area contributed by atoms with Crippen LogP contribution in [0.25, 0.3) is 0 Å². The van der Waals surface area contributed by atoms with E-state index < -0.39 is 0 Å². The first kappa shape index (κ1) is 15.5. The molecular formula is C15H15ClN2O2S. The number of amides is 1. The van der Waals surface area contributed by atoms with E-state index in [0.29, 0.717) is 17.4 Å². The molecule has 2 heterocycles. The molecule has 1 N–H and O–H groups in total. The van der Waals surface area contributed by atoms with Crippen LogP contribution in [0.5, 0.6) is 0 Å². The van der Waals surface area contributed by atoms with Gasteiger partial charge in [0.1, 0.15) is 5.56 Å². The molecule has 0 saturated heterocycles. The predicted molar refractivity (Wildman–Crippen MR) is 86.1 cm³/mol. The van der Waals surface area contributed by atoms with Gasteiger partial charge in [-0.05, 0) is 31.2 Å². The Morgan fingerprint density at radius 1 is 1.43 bits per heavy atom. The number of nitrogens with one attached hydrogen (secondary N) is 1. The highest BCUT2D eigenvalue weighted by Crippen LogP contribution is 2.23. The van der Waals surface area contributed by atoms with Crippen LogP contribution in [0.2, 0.25) is 4.34 Å². The smallest absolute Gasteiger partial charge is 0.260 e. The van der Waals surface area contributed by atoms with Crippen LogP contribution in [0.15, 0.2) is 41.7 Å². The van der Waals surface area contributed by atoms with E-state index in [1.54, 1.807) is 36.1 Å². The molecule has 1 amide bonds. The molecule has 0 spiro atoms. The van der Waals surface area contributed by atoms with E-state index in [-0.39, 0.29) is 17.0 Å². The Labute approximate surface area is 131 Å². The summed E-state index contributed by atoms with van der Waals surface area (Å²) in [6.07, 6.45) is 1.63. The zero-order valence-corrected chi connectivity index (χ0v) is 13.1. The van der Waals surface area contributed by atoms with Crippen LogP contribution < -0.4 is 5.56 Å². The molecule has 2 rings (SSSR count). The van der Waals surface area contributed by atoms with Gasteiger partial charge in [-0.2, -0.15) is 0 Å². The summed E-state index contributed by atoms with van der Waals surface area (Å²) in [7, 11) is 0. The summed E-state index contributed by atoms with van der Waals surface area (Å²) in [6.45, 7) is 6.19. The largest absolute Gasteiger partial charge is 0.330 e. The Bertz CT molecular complexity index is 720. The fourth-order valence-corrected chi connectivity index (χ4v) is 3.01. The molecule has 2 aromatic heterocycles. The average Bonchev–Trinajstić information content (AvgIpc) is 2.83. The molecule has 0 radical (unpaired) electrons. The van der Waals surface area contributed by atoms with Crippen molar-refractivity contribution >= 4 is 28.8 Å². The topological polar surface area (TPSA) is 53.2 Å². The maximum absolute atomic E-state index is 12.5. The normalized spacial score (nSPS) is 10.4. The summed E-state index contributed by atoms with van der Waals surface area (Å²) in [6, 6.07) is 6.92. The third-order valence-electron chi connectivity index (χ3n) is 2.90. The molecule has 0 bridgehead atoms. The number of H-pyrrole nitrogens is 1. The summed E-state index contributed by atoms with van der Waals surface area (Å²) < 4.78 is 0.671. The fraction of sp³-hybridized carbons (Fsp3) is 0.200. The van der Waals surface area contributed by atoms with Gasteiger partial charge in [-0.1, -0.05) is 17.7 Å². The number of aromatic amines is 1. The van der Waals surface area contributed by atoms with Gasteiger partial charge < -0.3 is 9.88 Å². The highest BCUT2D eigenvalue weighted by molar-refractivity contribution is 7.16. The Morgan fingerprint density at radius 3 is 2.76 bits per heavy atom. The quantitative estimate of drug-likeness (QED) is 0.859. The van der Waals surface area contributed by atoms with Gasteiger partial charge in [0.15, 0.2) is 0 Å². The predicted octanol–water partition coefficient (Wildman–Crippen LogP) is 3.23. The van der Waals surface area contributed by atoms with Gasteiger partial charge in [0.25, 0.3) is 11.5 Å². The third kappa shape index (κ3) is 3.83. The first-order valence-corrected chi connectivity index (χ1v) is 7.55. The number of carbonyl (C=O) groups is 1. The number of hydrogen-bond donors (Lipinski definition) is 1. The zero-order chi connectivity index (χ0) is 15.4. The van der Waals surface area contributed by atoms with Crippen molar-refractivity contribution in [2.45, 2.75) is 13.5 Å². The average molecular weight is 323 g/mol. The standard InChI is InChI=1S/C15H15ClN2O2S/c1-3-8-18(9-11-5-7-13(16)21-11)15(20)12-6-4-10(2)17-14(12)19/h3-7H,1,8-9H2,2H3,(H,17,19). The Balaban J connectivity index is 2.26. The zero-order valence-electron chi connectivity index (χ0n) is 11.6. The van der Waals surface area contributed by atoms with Crippen molar-refractivity contribution in [3.05, 3.63) is 67.7 Å². The van der Waals surface area contributed by atoms with E-state index >= 15 is 0 Å². The number of carbonyl (C=O) groups excluding carboxylic acids is 1. The van der Waals surface area contributed by atoms with E-state index in [9.17, 15) is 9.59 Å². The molecule has 0 unspecified atom stereocenters. The lowest BCUT2D eigenvalue weighted by Crippen LogP contribution is -2.34. The van der Waals surface area contributed by atoms with Crippen LogP contribution in [0.1, 0.15) is 20.9 Å². The molecule has 6 heteroatoms. The summed E-state index contributed by atoms with van der Waals surface area (Å²) in [4.78, 5) is 29.6. The molecule has 0 saturated carbocycles. The summed E-state index contributed by atoms with van der Waals surface area (Å²) in [5.41, 5.74) is 0.472. The Hall–Kier alpha value is -1.85. The summed E-state index contributed by atoms with van der Waals surface area (Å²) in [5.74, 6) is -0.319. The van der Waals surface area contributed by atoms with Crippen molar-refractivity contribution in [1.82, 2.24) is 9.88 Å². The SMILES string of the molecule is C=CCN(Cc1ccc(Cl)s1)C(=O)c1ccc(C)[nH]c1=O. The van der Waals surface area contributed by atoms with Crippen molar-refractivity contribution in [3.63, 3.8) is 0 Å². The number of pyridine rings is 1. The number of hydrogen-bond acceptors (Lipinski definition) is 3. The molecule has 0 aliphatic carbocycles. The lowest BCUT2D eigenvalue weighted by molar-refractivity contribution is 0.0762. The van der Waals surface area contributed by atoms with Gasteiger partial charge >= 0.3 is 0 Å². The molecule has 0 aromatic carbocycles. The van der Waals surface area contributed by atoms with E-state index in [0.717, 1.165) is 10.6 Å². The molecule has 0 fully saturated rings. The molecule has 0 aliphatic heterocycles. The van der Waals surface area contributed by atoms with E-state index in [4.69, 9.17) is 11.6 Å². The van der Waals surface area contributed by atoms with Crippen LogP contribution in [-0.4, -0.2) is 22.3 Å². The molecule has 2 aromatic rings. The third-order valence-corrected chi connectivity index (χ3v) is 4.11. The van der Waals surface area contributed by atoms with E-state index in [1.807, 2.05) is 6.07 Å². The number of halogens is 1. The minimum Gasteiger partial charge on any atom is -0.330 e. The fourth-order valence-electron chi connectivity index (χ4n) is 1.91. The lowest BCUT2D eigenvalue weighted by Gasteiger charge is -2.20. The van der Waals surface area contributed by atoms with Crippen LogP contribution in [-0.2, 0) is 6.54 Å². The van der Waals surface area contributed by atoms with Crippen molar-refractivity contribution in [3.8, 4) is 0 Å². The maximum Gasteiger partial charge on any atom is 0.260 e. The van der Waals surface area contributed by atoms with Crippen molar-refractivity contribution in [1.29, 1.82) is 0 Å². The Morgan fingerprint density at radius 2 is 2.19 bits per heavy atom. The molecule has 0 atom stereocenters. The Kier molecular flexibility index (Phi) is 4.98. The minimum atomic E-state index is -0.377. The first-order valence-electron chi connectivity index (χ1n) is 6.35. The number of aryl methyl sites for hydroxylation is 1. The second kappa shape index (κ2) is 6.74. The molecule has 110 valence electrons. The monoisotopic (exact) mass is 322 g/mol. The van der Waals surface area contributed by atoms with Gasteiger partial charge in [-0.25, -0.2) is 0 Å². The highest BCUT2D eigenvalue weighted by Gasteiger charge is 2.18.